The smallest absolute Gasteiger partial charge is 0.265 e. The molecule has 1 heterocycles. The molecule has 158 valence electrons. The summed E-state index contributed by atoms with van der Waals surface area (Å²) < 4.78 is 44.3. The Morgan fingerprint density at radius 1 is 1.10 bits per heavy atom. The number of benzene rings is 2. The first-order chi connectivity index (χ1) is 14.2. The minimum Gasteiger partial charge on any atom is -0.497 e. The quantitative estimate of drug-likeness (QED) is 0.588. The molecule has 10 heteroatoms. The Balaban J connectivity index is 2.07. The number of carbonyl (C=O) groups is 1. The number of aryl methyl sites for hydroxylation is 1. The Morgan fingerprint density at radius 3 is 2.53 bits per heavy atom. The van der Waals surface area contributed by atoms with Gasteiger partial charge in [0, 0.05) is 13.0 Å². The Bertz CT molecular complexity index is 1190. The van der Waals surface area contributed by atoms with Crippen molar-refractivity contribution in [3.63, 3.8) is 0 Å². The van der Waals surface area contributed by atoms with Crippen LogP contribution in [0.25, 0.3) is 11.1 Å². The molecule has 2 aromatic carbocycles. The lowest BCUT2D eigenvalue weighted by Gasteiger charge is -2.14. The lowest BCUT2D eigenvalue weighted by atomic mass is 10.1. The molecular formula is C20H21N3O6S. The van der Waals surface area contributed by atoms with E-state index in [4.69, 9.17) is 14.0 Å². The molecule has 0 saturated carbocycles. The predicted molar refractivity (Wildman–Crippen MR) is 111 cm³/mol. The van der Waals surface area contributed by atoms with Crippen molar-refractivity contribution in [3.05, 3.63) is 48.2 Å². The third kappa shape index (κ3) is 4.38. The second kappa shape index (κ2) is 8.46. The molecule has 9 nitrogen and oxygen atoms in total. The third-order valence-electron chi connectivity index (χ3n) is 4.22. The zero-order valence-corrected chi connectivity index (χ0v) is 17.7. The Kier molecular flexibility index (Phi) is 5.97. The number of rotatable bonds is 7. The van der Waals surface area contributed by atoms with Gasteiger partial charge in [-0.1, -0.05) is 17.3 Å². The number of carbonyl (C=O) groups excluding carboxylic acids is 1. The van der Waals surface area contributed by atoms with E-state index in [1.54, 1.807) is 37.3 Å². The number of hydrogen-bond donors (Lipinski definition) is 2. The second-order valence-electron chi connectivity index (χ2n) is 6.36. The van der Waals surface area contributed by atoms with Crippen molar-refractivity contribution in [2.24, 2.45) is 0 Å². The van der Waals surface area contributed by atoms with Crippen LogP contribution >= 0.6 is 0 Å². The topological polar surface area (TPSA) is 120 Å². The van der Waals surface area contributed by atoms with Crippen molar-refractivity contribution in [2.75, 3.05) is 24.3 Å². The molecule has 0 aliphatic rings. The van der Waals surface area contributed by atoms with Crippen LogP contribution in [0, 0.1) is 6.92 Å². The summed E-state index contributed by atoms with van der Waals surface area (Å²) >= 11 is 0. The van der Waals surface area contributed by atoms with E-state index in [9.17, 15) is 13.2 Å². The molecule has 1 amide bonds. The fourth-order valence-electron chi connectivity index (χ4n) is 2.89. The maximum Gasteiger partial charge on any atom is 0.265 e. The first-order valence-electron chi connectivity index (χ1n) is 8.84. The van der Waals surface area contributed by atoms with E-state index in [0.717, 1.165) is 0 Å². The van der Waals surface area contributed by atoms with Gasteiger partial charge in [-0.15, -0.1) is 0 Å². The molecule has 30 heavy (non-hydrogen) atoms. The molecule has 2 N–H and O–H groups in total. The Morgan fingerprint density at radius 2 is 1.87 bits per heavy atom. The lowest BCUT2D eigenvalue weighted by Crippen LogP contribution is -2.14. The van der Waals surface area contributed by atoms with E-state index in [2.05, 4.69) is 15.2 Å². The highest BCUT2D eigenvalue weighted by Gasteiger charge is 2.24. The largest absolute Gasteiger partial charge is 0.497 e. The fraction of sp³-hybridized carbons (Fsp3) is 0.200. The van der Waals surface area contributed by atoms with Crippen molar-refractivity contribution < 1.29 is 27.2 Å². The Hall–Kier alpha value is -3.53. The third-order valence-corrected chi connectivity index (χ3v) is 5.62. The van der Waals surface area contributed by atoms with Gasteiger partial charge in [0.05, 0.1) is 31.2 Å². The molecule has 1 aromatic heterocycles. The molecule has 0 radical (unpaired) electrons. The second-order valence-corrected chi connectivity index (χ2v) is 8.01. The summed E-state index contributed by atoms with van der Waals surface area (Å²) in [6, 6.07) is 11.2. The highest BCUT2D eigenvalue weighted by Crippen LogP contribution is 2.36. The number of nitrogens with zero attached hydrogens (tertiary/aromatic N) is 1. The van der Waals surface area contributed by atoms with Crippen molar-refractivity contribution in [3.8, 4) is 22.6 Å². The number of hydrogen-bond acceptors (Lipinski definition) is 7. The van der Waals surface area contributed by atoms with Gasteiger partial charge in [0.1, 0.15) is 16.4 Å². The maximum atomic E-state index is 13.1. The molecule has 0 bridgehead atoms. The Labute approximate surface area is 174 Å². The van der Waals surface area contributed by atoms with Crippen LogP contribution in [0.2, 0.25) is 0 Å². The monoisotopic (exact) mass is 431 g/mol. The predicted octanol–water partition coefficient (Wildman–Crippen LogP) is 3.43. The first-order valence-corrected chi connectivity index (χ1v) is 10.3. The molecule has 0 aliphatic carbocycles. The minimum absolute atomic E-state index is 0.0836. The van der Waals surface area contributed by atoms with E-state index >= 15 is 0 Å². The zero-order valence-electron chi connectivity index (χ0n) is 16.8. The molecule has 0 unspecified atom stereocenters. The maximum absolute atomic E-state index is 13.1. The van der Waals surface area contributed by atoms with Gasteiger partial charge in [0.25, 0.3) is 10.0 Å². The van der Waals surface area contributed by atoms with Crippen molar-refractivity contribution in [2.45, 2.75) is 18.7 Å². The number of aromatic nitrogens is 1. The number of ether oxygens (including phenoxy) is 2. The molecular weight excluding hydrogens is 410 g/mol. The van der Waals surface area contributed by atoms with Crippen LogP contribution in [-0.4, -0.2) is 33.7 Å². The van der Waals surface area contributed by atoms with Crippen molar-refractivity contribution in [1.29, 1.82) is 0 Å². The van der Waals surface area contributed by atoms with E-state index in [-0.39, 0.29) is 22.4 Å². The highest BCUT2D eigenvalue weighted by atomic mass is 32.2. The minimum atomic E-state index is -4.01. The van der Waals surface area contributed by atoms with Crippen molar-refractivity contribution in [1.82, 2.24) is 5.16 Å². The van der Waals surface area contributed by atoms with Crippen LogP contribution in [0.5, 0.6) is 11.5 Å². The summed E-state index contributed by atoms with van der Waals surface area (Å²) in [4.78, 5) is 11.4. The number of amides is 1. The number of methoxy groups -OCH3 is 2. The number of anilines is 2. The van der Waals surface area contributed by atoms with Crippen LogP contribution in [0.1, 0.15) is 12.6 Å². The molecule has 3 rings (SSSR count). The van der Waals surface area contributed by atoms with Gasteiger partial charge >= 0.3 is 0 Å². The van der Waals surface area contributed by atoms with Crippen LogP contribution < -0.4 is 19.5 Å². The van der Waals surface area contributed by atoms with Gasteiger partial charge in [0.15, 0.2) is 0 Å². The first kappa shape index (κ1) is 21.2. The summed E-state index contributed by atoms with van der Waals surface area (Å²) in [5, 5.41) is 6.42. The van der Waals surface area contributed by atoms with Gasteiger partial charge in [-0.3, -0.25) is 14.8 Å². The number of nitrogens with one attached hydrogen (secondary N) is 2. The molecule has 3 aromatic rings. The fourth-order valence-corrected chi connectivity index (χ4v) is 4.14. The summed E-state index contributed by atoms with van der Waals surface area (Å²) in [5.74, 6) is 0.461. The molecule has 0 aliphatic heterocycles. The molecule has 0 saturated heterocycles. The van der Waals surface area contributed by atoms with Gasteiger partial charge in [0.2, 0.25) is 11.8 Å². The standard InChI is InChI=1S/C20H21N3O6S/c1-12-19(20(29-22-12)21-13(2)24)14-8-9-17(28-4)18(10-14)30(25,26)23-15-6-5-7-16(11-15)27-3/h5-11,23H,1-4H3,(H,21,24). The SMILES string of the molecule is COc1cccc(NS(=O)(=O)c2cc(-c3c(C)noc3NC(C)=O)ccc2OC)c1. The van der Waals surface area contributed by atoms with Crippen LogP contribution in [0.3, 0.4) is 0 Å². The van der Waals surface area contributed by atoms with E-state index in [1.807, 2.05) is 0 Å². The summed E-state index contributed by atoms with van der Waals surface area (Å²) in [5.41, 5.74) is 1.80. The highest BCUT2D eigenvalue weighted by molar-refractivity contribution is 7.92. The van der Waals surface area contributed by atoms with Gasteiger partial charge < -0.3 is 14.0 Å². The lowest BCUT2D eigenvalue weighted by molar-refractivity contribution is -0.114. The molecule has 0 fully saturated rings. The van der Waals surface area contributed by atoms with Crippen LogP contribution in [-0.2, 0) is 14.8 Å². The van der Waals surface area contributed by atoms with Gasteiger partial charge in [-0.2, -0.15) is 0 Å². The van der Waals surface area contributed by atoms with Crippen molar-refractivity contribution >= 4 is 27.5 Å². The summed E-state index contributed by atoms with van der Waals surface area (Å²) in [6.45, 7) is 3.03. The van der Waals surface area contributed by atoms with Gasteiger partial charge in [-0.05, 0) is 36.8 Å². The normalized spacial score (nSPS) is 11.1. The zero-order chi connectivity index (χ0) is 21.9. The summed E-state index contributed by atoms with van der Waals surface area (Å²) in [6.07, 6.45) is 0. The van der Waals surface area contributed by atoms with Crippen LogP contribution in [0.4, 0.5) is 11.6 Å². The number of sulfonamides is 1. The molecule has 0 atom stereocenters. The van der Waals surface area contributed by atoms with E-state index < -0.39 is 10.0 Å². The van der Waals surface area contributed by atoms with E-state index in [1.165, 1.54) is 33.3 Å². The summed E-state index contributed by atoms with van der Waals surface area (Å²) in [7, 11) is -1.14. The van der Waals surface area contributed by atoms with Gasteiger partial charge in [-0.25, -0.2) is 8.42 Å². The molecule has 0 spiro atoms. The van der Waals surface area contributed by atoms with Crippen LogP contribution in [0.15, 0.2) is 51.9 Å². The average Bonchev–Trinajstić information content (AvgIpc) is 3.06. The van der Waals surface area contributed by atoms with E-state index in [0.29, 0.717) is 28.3 Å². The average molecular weight is 431 g/mol.